The van der Waals surface area contributed by atoms with E-state index in [4.69, 9.17) is 9.47 Å². The standard InChI is InChI=1S/C17H20BrNO2/c1-12(19-15-7-5-4-6-14(15)18)10-13-8-9-16(20-2)17(11-13)21-3/h4-9,11-12,19H,10H2,1-3H3. The minimum absolute atomic E-state index is 0.307. The summed E-state index contributed by atoms with van der Waals surface area (Å²) in [5, 5.41) is 3.51. The molecule has 0 saturated heterocycles. The highest BCUT2D eigenvalue weighted by Gasteiger charge is 2.09. The van der Waals surface area contributed by atoms with Gasteiger partial charge >= 0.3 is 0 Å². The number of hydrogen-bond donors (Lipinski definition) is 1. The maximum absolute atomic E-state index is 5.34. The first-order valence-corrected chi connectivity index (χ1v) is 7.65. The van der Waals surface area contributed by atoms with Gasteiger partial charge in [0.25, 0.3) is 0 Å². The number of methoxy groups -OCH3 is 2. The molecule has 21 heavy (non-hydrogen) atoms. The van der Waals surface area contributed by atoms with Crippen molar-refractivity contribution >= 4 is 21.6 Å². The first kappa shape index (κ1) is 15.7. The number of halogens is 1. The molecule has 0 heterocycles. The molecule has 1 atom stereocenters. The van der Waals surface area contributed by atoms with Crippen LogP contribution in [0.2, 0.25) is 0 Å². The number of para-hydroxylation sites is 1. The fourth-order valence-corrected chi connectivity index (χ4v) is 2.66. The molecule has 0 radical (unpaired) electrons. The van der Waals surface area contributed by atoms with Crippen LogP contribution in [-0.2, 0) is 6.42 Å². The molecule has 0 fully saturated rings. The van der Waals surface area contributed by atoms with E-state index in [1.165, 1.54) is 5.56 Å². The van der Waals surface area contributed by atoms with Gasteiger partial charge in [0, 0.05) is 16.2 Å². The molecule has 2 rings (SSSR count). The molecule has 112 valence electrons. The summed E-state index contributed by atoms with van der Waals surface area (Å²) in [6.45, 7) is 2.16. The van der Waals surface area contributed by atoms with Crippen molar-refractivity contribution in [2.24, 2.45) is 0 Å². The Kier molecular flexibility index (Phi) is 5.51. The third kappa shape index (κ3) is 4.14. The summed E-state index contributed by atoms with van der Waals surface area (Å²) in [5.41, 5.74) is 2.31. The average Bonchev–Trinajstić information content (AvgIpc) is 2.49. The quantitative estimate of drug-likeness (QED) is 0.832. The van der Waals surface area contributed by atoms with Crippen LogP contribution in [0.3, 0.4) is 0 Å². The molecule has 0 aliphatic heterocycles. The number of rotatable bonds is 6. The highest BCUT2D eigenvalue weighted by atomic mass is 79.9. The van der Waals surface area contributed by atoms with Crippen LogP contribution in [0.4, 0.5) is 5.69 Å². The van der Waals surface area contributed by atoms with Crippen LogP contribution in [0.5, 0.6) is 11.5 Å². The van der Waals surface area contributed by atoms with Crippen molar-refractivity contribution in [3.63, 3.8) is 0 Å². The summed E-state index contributed by atoms with van der Waals surface area (Å²) in [7, 11) is 3.30. The van der Waals surface area contributed by atoms with Gasteiger partial charge < -0.3 is 14.8 Å². The largest absolute Gasteiger partial charge is 0.493 e. The monoisotopic (exact) mass is 349 g/mol. The smallest absolute Gasteiger partial charge is 0.160 e. The lowest BCUT2D eigenvalue weighted by molar-refractivity contribution is 0.354. The lowest BCUT2D eigenvalue weighted by Crippen LogP contribution is -2.18. The zero-order chi connectivity index (χ0) is 15.2. The van der Waals surface area contributed by atoms with Gasteiger partial charge in [-0.15, -0.1) is 0 Å². The summed E-state index contributed by atoms with van der Waals surface area (Å²) in [6, 6.07) is 14.5. The Morgan fingerprint density at radius 1 is 1.05 bits per heavy atom. The van der Waals surface area contributed by atoms with Crippen LogP contribution in [0.25, 0.3) is 0 Å². The zero-order valence-corrected chi connectivity index (χ0v) is 14.1. The topological polar surface area (TPSA) is 30.5 Å². The molecule has 0 aromatic heterocycles. The van der Waals surface area contributed by atoms with E-state index in [0.29, 0.717) is 6.04 Å². The lowest BCUT2D eigenvalue weighted by atomic mass is 10.1. The van der Waals surface area contributed by atoms with Gasteiger partial charge in [-0.3, -0.25) is 0 Å². The molecular weight excluding hydrogens is 330 g/mol. The Morgan fingerprint density at radius 2 is 1.76 bits per heavy atom. The predicted molar refractivity (Wildman–Crippen MR) is 90.5 cm³/mol. The summed E-state index contributed by atoms with van der Waals surface area (Å²) in [4.78, 5) is 0. The summed E-state index contributed by atoms with van der Waals surface area (Å²) in [6.07, 6.45) is 0.904. The summed E-state index contributed by atoms with van der Waals surface area (Å²) in [5.74, 6) is 1.52. The fraction of sp³-hybridized carbons (Fsp3) is 0.294. The number of hydrogen-bond acceptors (Lipinski definition) is 3. The van der Waals surface area contributed by atoms with Gasteiger partial charge in [-0.05, 0) is 59.1 Å². The van der Waals surface area contributed by atoms with Gasteiger partial charge in [0.1, 0.15) is 0 Å². The van der Waals surface area contributed by atoms with Gasteiger partial charge in [0.15, 0.2) is 11.5 Å². The maximum atomic E-state index is 5.34. The lowest BCUT2D eigenvalue weighted by Gasteiger charge is -2.17. The number of nitrogens with one attached hydrogen (secondary N) is 1. The van der Waals surface area contributed by atoms with Crippen molar-refractivity contribution in [3.05, 3.63) is 52.5 Å². The molecule has 0 aliphatic rings. The maximum Gasteiger partial charge on any atom is 0.160 e. The second-order valence-corrected chi connectivity index (χ2v) is 5.77. The van der Waals surface area contributed by atoms with E-state index in [0.717, 1.165) is 28.1 Å². The molecular formula is C17H20BrNO2. The fourth-order valence-electron chi connectivity index (χ4n) is 2.26. The molecule has 0 bridgehead atoms. The van der Waals surface area contributed by atoms with Crippen LogP contribution in [0, 0.1) is 0 Å². The Labute approximate surface area is 134 Å². The minimum atomic E-state index is 0.307. The number of benzene rings is 2. The normalized spacial score (nSPS) is 11.8. The third-order valence-corrected chi connectivity index (χ3v) is 3.96. The Hall–Kier alpha value is -1.68. The van der Waals surface area contributed by atoms with Crippen molar-refractivity contribution in [3.8, 4) is 11.5 Å². The Bertz CT molecular complexity index is 601. The molecule has 3 nitrogen and oxygen atoms in total. The number of anilines is 1. The van der Waals surface area contributed by atoms with E-state index in [1.807, 2.05) is 30.3 Å². The third-order valence-electron chi connectivity index (χ3n) is 3.27. The predicted octanol–water partition coefficient (Wildman–Crippen LogP) is 4.51. The molecule has 2 aromatic rings. The van der Waals surface area contributed by atoms with Crippen LogP contribution in [0.1, 0.15) is 12.5 Å². The van der Waals surface area contributed by atoms with Crippen molar-refractivity contribution in [1.82, 2.24) is 0 Å². The van der Waals surface area contributed by atoms with E-state index in [1.54, 1.807) is 14.2 Å². The Balaban J connectivity index is 2.06. The Morgan fingerprint density at radius 3 is 2.43 bits per heavy atom. The SMILES string of the molecule is COc1ccc(CC(C)Nc2ccccc2Br)cc1OC. The van der Waals surface area contributed by atoms with Crippen molar-refractivity contribution in [2.75, 3.05) is 19.5 Å². The van der Waals surface area contributed by atoms with Crippen molar-refractivity contribution in [1.29, 1.82) is 0 Å². The van der Waals surface area contributed by atoms with E-state index in [-0.39, 0.29) is 0 Å². The van der Waals surface area contributed by atoms with Gasteiger partial charge in [0.2, 0.25) is 0 Å². The highest BCUT2D eigenvalue weighted by Crippen LogP contribution is 2.28. The van der Waals surface area contributed by atoms with Gasteiger partial charge in [-0.1, -0.05) is 18.2 Å². The molecule has 1 unspecified atom stereocenters. The second-order valence-electron chi connectivity index (χ2n) is 4.92. The number of ether oxygens (including phenoxy) is 2. The van der Waals surface area contributed by atoms with Crippen LogP contribution < -0.4 is 14.8 Å². The molecule has 1 N–H and O–H groups in total. The summed E-state index contributed by atoms with van der Waals surface area (Å²) >= 11 is 3.55. The molecule has 0 aliphatic carbocycles. The van der Waals surface area contributed by atoms with Gasteiger partial charge in [-0.25, -0.2) is 0 Å². The van der Waals surface area contributed by atoms with Crippen molar-refractivity contribution < 1.29 is 9.47 Å². The first-order valence-electron chi connectivity index (χ1n) is 6.86. The van der Waals surface area contributed by atoms with Crippen LogP contribution in [-0.4, -0.2) is 20.3 Å². The van der Waals surface area contributed by atoms with E-state index in [9.17, 15) is 0 Å². The molecule has 0 amide bonds. The first-order chi connectivity index (χ1) is 10.1. The van der Waals surface area contributed by atoms with E-state index in [2.05, 4.69) is 40.3 Å². The van der Waals surface area contributed by atoms with Crippen LogP contribution >= 0.6 is 15.9 Å². The minimum Gasteiger partial charge on any atom is -0.493 e. The zero-order valence-electron chi connectivity index (χ0n) is 12.5. The van der Waals surface area contributed by atoms with Crippen LogP contribution in [0.15, 0.2) is 46.9 Å². The highest BCUT2D eigenvalue weighted by molar-refractivity contribution is 9.10. The van der Waals surface area contributed by atoms with Gasteiger partial charge in [0.05, 0.1) is 14.2 Å². The molecule has 0 saturated carbocycles. The van der Waals surface area contributed by atoms with Gasteiger partial charge in [-0.2, -0.15) is 0 Å². The van der Waals surface area contributed by atoms with E-state index >= 15 is 0 Å². The molecule has 2 aromatic carbocycles. The van der Waals surface area contributed by atoms with E-state index < -0.39 is 0 Å². The average molecular weight is 350 g/mol. The van der Waals surface area contributed by atoms with Crippen molar-refractivity contribution in [2.45, 2.75) is 19.4 Å². The summed E-state index contributed by atoms with van der Waals surface area (Å²) < 4.78 is 11.7. The molecule has 4 heteroatoms. The second kappa shape index (κ2) is 7.36. The molecule has 0 spiro atoms.